The molecule has 1 aliphatic heterocycles. The summed E-state index contributed by atoms with van der Waals surface area (Å²) in [6.07, 6.45) is 6.56. The second-order valence-electron chi connectivity index (χ2n) is 7.05. The van der Waals surface area contributed by atoms with Crippen molar-refractivity contribution in [3.8, 4) is 0 Å². The van der Waals surface area contributed by atoms with Crippen LogP contribution in [0.2, 0.25) is 0 Å². The summed E-state index contributed by atoms with van der Waals surface area (Å²) in [4.78, 5) is 18.8. The number of carbonyl (C=O) groups is 1. The van der Waals surface area contributed by atoms with Crippen molar-refractivity contribution < 1.29 is 13.2 Å². The molecule has 2 aliphatic rings. The van der Waals surface area contributed by atoms with Gasteiger partial charge in [0.2, 0.25) is 15.9 Å². The lowest BCUT2D eigenvalue weighted by Crippen LogP contribution is -2.47. The quantitative estimate of drug-likeness (QED) is 0.331. The molecule has 1 unspecified atom stereocenters. The van der Waals surface area contributed by atoms with Gasteiger partial charge in [0.05, 0.1) is 5.75 Å². The smallest absolute Gasteiger partial charge is 0.225 e. The Balaban J connectivity index is 1.71. The number of hydrogen-bond donors (Lipinski definition) is 3. The van der Waals surface area contributed by atoms with Crippen LogP contribution in [0.15, 0.2) is 4.99 Å². The Bertz CT molecular complexity index is 587. The molecule has 26 heavy (non-hydrogen) atoms. The minimum absolute atomic E-state index is 0.0763. The fourth-order valence-corrected chi connectivity index (χ4v) is 4.18. The van der Waals surface area contributed by atoms with E-state index >= 15 is 0 Å². The van der Waals surface area contributed by atoms with Gasteiger partial charge in [0.25, 0.3) is 0 Å². The topological polar surface area (TPSA) is 103 Å². The molecule has 0 bridgehead atoms. The van der Waals surface area contributed by atoms with Crippen molar-refractivity contribution in [3.63, 3.8) is 0 Å². The van der Waals surface area contributed by atoms with Crippen molar-refractivity contribution in [1.29, 1.82) is 0 Å². The van der Waals surface area contributed by atoms with E-state index in [1.165, 1.54) is 19.3 Å². The molecule has 0 aromatic carbocycles. The molecule has 1 atom stereocenters. The molecule has 1 saturated heterocycles. The number of sulfonamides is 1. The predicted octanol–water partition coefficient (Wildman–Crippen LogP) is 0.272. The van der Waals surface area contributed by atoms with E-state index in [1.54, 1.807) is 14.0 Å². The van der Waals surface area contributed by atoms with E-state index in [9.17, 15) is 13.2 Å². The van der Waals surface area contributed by atoms with E-state index in [0.717, 1.165) is 25.8 Å². The molecular weight excluding hydrogens is 354 g/mol. The monoisotopic (exact) mass is 387 g/mol. The second-order valence-corrected chi connectivity index (χ2v) is 9.14. The van der Waals surface area contributed by atoms with Gasteiger partial charge >= 0.3 is 0 Å². The van der Waals surface area contributed by atoms with Crippen LogP contribution in [0.25, 0.3) is 0 Å². The van der Waals surface area contributed by atoms with Crippen LogP contribution in [-0.4, -0.2) is 70.2 Å². The number of carbonyl (C=O) groups excluding carboxylic acids is 1. The zero-order valence-corrected chi connectivity index (χ0v) is 16.8. The summed E-state index contributed by atoms with van der Waals surface area (Å²) >= 11 is 0. The average Bonchev–Trinajstić information content (AvgIpc) is 3.12. The number of rotatable bonds is 7. The third-order valence-corrected chi connectivity index (χ3v) is 6.54. The summed E-state index contributed by atoms with van der Waals surface area (Å²) in [6.45, 7) is 3.87. The Morgan fingerprint density at radius 3 is 2.54 bits per heavy atom. The maximum Gasteiger partial charge on any atom is 0.225 e. The largest absolute Gasteiger partial charge is 0.355 e. The summed E-state index contributed by atoms with van der Waals surface area (Å²) in [6, 6.07) is 0.182. The van der Waals surface area contributed by atoms with Gasteiger partial charge in [-0.25, -0.2) is 13.1 Å². The van der Waals surface area contributed by atoms with Crippen molar-refractivity contribution >= 4 is 21.9 Å². The van der Waals surface area contributed by atoms with E-state index < -0.39 is 10.0 Å². The Morgan fingerprint density at radius 1 is 1.15 bits per heavy atom. The highest BCUT2D eigenvalue weighted by Gasteiger charge is 2.31. The zero-order chi connectivity index (χ0) is 19.0. The molecule has 2 fully saturated rings. The van der Waals surface area contributed by atoms with Gasteiger partial charge in [-0.1, -0.05) is 19.3 Å². The molecule has 9 heteroatoms. The normalized spacial score (nSPS) is 22.5. The van der Waals surface area contributed by atoms with Crippen LogP contribution < -0.4 is 15.4 Å². The zero-order valence-electron chi connectivity index (χ0n) is 16.0. The number of nitrogens with zero attached hydrogens (tertiary/aromatic N) is 2. The Hall–Kier alpha value is -1.35. The SMILES string of the molecule is CCS(=O)(=O)NCCNC(=NC)NC1CCN(C(=O)C2CCCCC2)C1. The minimum Gasteiger partial charge on any atom is -0.355 e. The van der Waals surface area contributed by atoms with Crippen molar-refractivity contribution in [1.82, 2.24) is 20.3 Å². The van der Waals surface area contributed by atoms with Crippen molar-refractivity contribution in [2.24, 2.45) is 10.9 Å². The predicted molar refractivity (Wildman–Crippen MR) is 104 cm³/mol. The van der Waals surface area contributed by atoms with E-state index in [1.807, 2.05) is 4.90 Å². The lowest BCUT2D eigenvalue weighted by Gasteiger charge is -2.26. The van der Waals surface area contributed by atoms with E-state index in [4.69, 9.17) is 0 Å². The molecule has 0 aromatic rings. The number of aliphatic imine (C=N–C) groups is 1. The summed E-state index contributed by atoms with van der Waals surface area (Å²) in [7, 11) is -1.48. The van der Waals surface area contributed by atoms with Crippen molar-refractivity contribution in [2.75, 3.05) is 39.0 Å². The van der Waals surface area contributed by atoms with Gasteiger partial charge in [-0.3, -0.25) is 9.79 Å². The van der Waals surface area contributed by atoms with E-state index in [2.05, 4.69) is 20.3 Å². The molecule has 2 rings (SSSR count). The van der Waals surface area contributed by atoms with Crippen LogP contribution in [0.1, 0.15) is 45.4 Å². The molecule has 1 heterocycles. The first-order chi connectivity index (χ1) is 12.4. The molecule has 1 saturated carbocycles. The fraction of sp³-hybridized carbons (Fsp3) is 0.882. The molecular formula is C17H33N5O3S. The minimum atomic E-state index is -3.17. The lowest BCUT2D eigenvalue weighted by atomic mass is 9.88. The lowest BCUT2D eigenvalue weighted by molar-refractivity contribution is -0.135. The Kier molecular flexibility index (Phi) is 8.15. The first-order valence-electron chi connectivity index (χ1n) is 9.68. The van der Waals surface area contributed by atoms with Gasteiger partial charge in [0.15, 0.2) is 5.96 Å². The molecule has 1 aliphatic carbocycles. The number of hydrogen-bond acceptors (Lipinski definition) is 4. The van der Waals surface area contributed by atoms with Gasteiger partial charge < -0.3 is 15.5 Å². The van der Waals surface area contributed by atoms with Gasteiger partial charge in [-0.15, -0.1) is 0 Å². The molecule has 0 radical (unpaired) electrons. The molecule has 0 aromatic heterocycles. The molecule has 8 nitrogen and oxygen atoms in total. The van der Waals surface area contributed by atoms with Gasteiger partial charge in [-0.05, 0) is 26.2 Å². The van der Waals surface area contributed by atoms with Gasteiger partial charge in [0, 0.05) is 45.2 Å². The number of nitrogens with one attached hydrogen (secondary N) is 3. The maximum atomic E-state index is 12.6. The summed E-state index contributed by atoms with van der Waals surface area (Å²) in [5.41, 5.74) is 0. The van der Waals surface area contributed by atoms with Gasteiger partial charge in [0.1, 0.15) is 0 Å². The second kappa shape index (κ2) is 10.1. The Labute approximate surface area is 157 Å². The fourth-order valence-electron chi connectivity index (χ4n) is 3.56. The number of guanidine groups is 1. The third kappa shape index (κ3) is 6.42. The van der Waals surface area contributed by atoms with Crippen LogP contribution in [0.4, 0.5) is 0 Å². The van der Waals surface area contributed by atoms with E-state index in [0.29, 0.717) is 31.5 Å². The summed E-state index contributed by atoms with van der Waals surface area (Å²) in [5, 5.41) is 6.44. The molecule has 1 amide bonds. The highest BCUT2D eigenvalue weighted by Crippen LogP contribution is 2.26. The van der Waals surface area contributed by atoms with Crippen LogP contribution >= 0.6 is 0 Å². The first-order valence-corrected chi connectivity index (χ1v) is 11.3. The molecule has 3 N–H and O–H groups in total. The maximum absolute atomic E-state index is 12.6. The summed E-state index contributed by atoms with van der Waals surface area (Å²) in [5.74, 6) is 1.24. The highest BCUT2D eigenvalue weighted by molar-refractivity contribution is 7.89. The van der Waals surface area contributed by atoms with Crippen LogP contribution in [0.3, 0.4) is 0 Å². The average molecular weight is 388 g/mol. The van der Waals surface area contributed by atoms with Crippen molar-refractivity contribution in [3.05, 3.63) is 0 Å². The van der Waals surface area contributed by atoms with Crippen LogP contribution in [0, 0.1) is 5.92 Å². The van der Waals surface area contributed by atoms with Crippen LogP contribution in [0.5, 0.6) is 0 Å². The number of amides is 1. The summed E-state index contributed by atoms with van der Waals surface area (Å²) < 4.78 is 25.3. The first kappa shape index (κ1) is 21.0. The van der Waals surface area contributed by atoms with Gasteiger partial charge in [-0.2, -0.15) is 0 Å². The molecule has 150 valence electrons. The number of likely N-dealkylation sites (tertiary alicyclic amines) is 1. The van der Waals surface area contributed by atoms with Crippen LogP contribution in [-0.2, 0) is 14.8 Å². The van der Waals surface area contributed by atoms with E-state index in [-0.39, 0.29) is 17.7 Å². The van der Waals surface area contributed by atoms with Crippen molar-refractivity contribution in [2.45, 2.75) is 51.5 Å². The Morgan fingerprint density at radius 2 is 1.88 bits per heavy atom. The standard InChI is InChI=1S/C17H33N5O3S/c1-3-26(24,25)20-11-10-19-17(18-2)21-15-9-12-22(13-15)16(23)14-7-5-4-6-8-14/h14-15,20H,3-13H2,1-2H3,(H2,18,19,21). The highest BCUT2D eigenvalue weighted by atomic mass is 32.2. The third-order valence-electron chi connectivity index (χ3n) is 5.14. The molecule has 0 spiro atoms.